The normalized spacial score (nSPS) is 14.5. The first kappa shape index (κ1) is 16.7. The molecule has 1 saturated heterocycles. The highest BCUT2D eigenvalue weighted by Crippen LogP contribution is 2.20. The maximum atomic E-state index is 13.6. The lowest BCUT2D eigenvalue weighted by atomic mass is 10.1. The second kappa shape index (κ2) is 7.14. The number of hydrogen-bond donors (Lipinski definition) is 0. The molecule has 5 nitrogen and oxygen atoms in total. The maximum absolute atomic E-state index is 13.6. The van der Waals surface area contributed by atoms with Crippen LogP contribution in [0.1, 0.15) is 30.4 Å². The van der Waals surface area contributed by atoms with Gasteiger partial charge in [-0.2, -0.15) is 5.26 Å². The molecule has 1 aliphatic rings. The van der Waals surface area contributed by atoms with Gasteiger partial charge in [0.2, 0.25) is 5.95 Å². The predicted octanol–water partition coefficient (Wildman–Crippen LogP) is 3.06. The zero-order chi connectivity index (χ0) is 17.1. The second-order valence-corrected chi connectivity index (χ2v) is 6.61. The summed E-state index contributed by atoms with van der Waals surface area (Å²) in [5.41, 5.74) is 0.587. The first-order chi connectivity index (χ1) is 11.6. The molecule has 2 aromatic rings. The molecular weight excluding hydrogens is 375 g/mol. The number of hydrogen-bond acceptors (Lipinski definition) is 4. The van der Waals surface area contributed by atoms with Crippen LogP contribution in [0, 0.1) is 17.1 Å². The molecule has 0 unspecified atom stereocenters. The third-order valence-electron chi connectivity index (χ3n) is 4.14. The zero-order valence-electron chi connectivity index (χ0n) is 13.0. The number of nitrogens with zero attached hydrogens (tertiary/aromatic N) is 4. The van der Waals surface area contributed by atoms with Crippen molar-refractivity contribution in [1.29, 1.82) is 5.26 Å². The largest absolute Gasteiger partial charge is 0.342 e. The van der Waals surface area contributed by atoms with Gasteiger partial charge in [-0.15, -0.1) is 0 Å². The molecule has 124 valence electrons. The fourth-order valence-electron chi connectivity index (χ4n) is 2.92. The number of aromatic nitrogens is 2. The van der Waals surface area contributed by atoms with Crippen LogP contribution >= 0.6 is 15.9 Å². The molecule has 0 bridgehead atoms. The van der Waals surface area contributed by atoms with Gasteiger partial charge in [0.05, 0.1) is 24.4 Å². The average Bonchev–Trinajstić information content (AvgIpc) is 2.60. The number of nitriles is 1. The maximum Gasteiger partial charge on any atom is 0.269 e. The molecule has 3 rings (SSSR count). The van der Waals surface area contributed by atoms with E-state index < -0.39 is 5.82 Å². The van der Waals surface area contributed by atoms with Crippen molar-refractivity contribution in [3.05, 3.63) is 56.2 Å². The van der Waals surface area contributed by atoms with Gasteiger partial charge in [-0.05, 0) is 59.0 Å². The first-order valence-electron chi connectivity index (χ1n) is 7.79. The Hall–Kier alpha value is -2.20. The Morgan fingerprint density at radius 1 is 1.29 bits per heavy atom. The van der Waals surface area contributed by atoms with E-state index in [4.69, 9.17) is 0 Å². The van der Waals surface area contributed by atoms with Crippen LogP contribution < -0.4 is 10.5 Å². The minimum absolute atomic E-state index is 0.109. The van der Waals surface area contributed by atoms with Gasteiger partial charge >= 0.3 is 0 Å². The fraction of sp³-hybridized carbons (Fsp3) is 0.353. The number of anilines is 1. The molecule has 2 heterocycles. The molecular formula is C17H16BrFN4O. The van der Waals surface area contributed by atoms with E-state index in [0.717, 1.165) is 25.9 Å². The van der Waals surface area contributed by atoms with Gasteiger partial charge in [-0.25, -0.2) is 9.37 Å². The molecule has 0 spiro atoms. The van der Waals surface area contributed by atoms with Gasteiger partial charge in [-0.1, -0.05) is 0 Å². The Balaban J connectivity index is 2.07. The number of piperidine rings is 1. The topological polar surface area (TPSA) is 61.9 Å². The van der Waals surface area contributed by atoms with E-state index in [1.54, 1.807) is 0 Å². The Kier molecular flexibility index (Phi) is 4.95. The summed E-state index contributed by atoms with van der Waals surface area (Å²) in [5.74, 6) is 0.135. The Bertz CT molecular complexity index is 853. The zero-order valence-corrected chi connectivity index (χ0v) is 14.6. The summed E-state index contributed by atoms with van der Waals surface area (Å²) in [6, 6.07) is 6.02. The lowest BCUT2D eigenvalue weighted by Crippen LogP contribution is -2.36. The van der Waals surface area contributed by atoms with Crippen molar-refractivity contribution in [3.8, 4) is 6.07 Å². The Morgan fingerprint density at radius 3 is 2.75 bits per heavy atom. The van der Waals surface area contributed by atoms with Crippen LogP contribution in [-0.2, 0) is 6.54 Å². The summed E-state index contributed by atoms with van der Waals surface area (Å²) in [6.45, 7) is 1.78. The van der Waals surface area contributed by atoms with Crippen LogP contribution in [0.25, 0.3) is 0 Å². The summed E-state index contributed by atoms with van der Waals surface area (Å²) >= 11 is 3.21. The lowest BCUT2D eigenvalue weighted by Gasteiger charge is -2.29. The Morgan fingerprint density at radius 2 is 2.04 bits per heavy atom. The van der Waals surface area contributed by atoms with Crippen molar-refractivity contribution >= 4 is 21.9 Å². The van der Waals surface area contributed by atoms with Crippen molar-refractivity contribution in [2.24, 2.45) is 0 Å². The van der Waals surface area contributed by atoms with Crippen molar-refractivity contribution in [2.75, 3.05) is 18.0 Å². The van der Waals surface area contributed by atoms with Gasteiger partial charge < -0.3 is 4.90 Å². The van der Waals surface area contributed by atoms with Gasteiger partial charge in [-0.3, -0.25) is 9.36 Å². The van der Waals surface area contributed by atoms with Crippen LogP contribution in [0.5, 0.6) is 0 Å². The van der Waals surface area contributed by atoms with Crippen LogP contribution in [0.2, 0.25) is 0 Å². The molecule has 0 amide bonds. The van der Waals surface area contributed by atoms with Crippen LogP contribution in [-0.4, -0.2) is 22.6 Å². The molecule has 1 aromatic heterocycles. The van der Waals surface area contributed by atoms with Crippen molar-refractivity contribution in [2.45, 2.75) is 25.8 Å². The third-order valence-corrected chi connectivity index (χ3v) is 4.68. The van der Waals surface area contributed by atoms with Crippen molar-refractivity contribution in [3.63, 3.8) is 0 Å². The van der Waals surface area contributed by atoms with Gasteiger partial charge in [0.15, 0.2) is 0 Å². The minimum atomic E-state index is -0.431. The smallest absolute Gasteiger partial charge is 0.269 e. The SMILES string of the molecule is N#Cc1ccc(F)cc1Cn1c(N2CCCCC2)ncc(Br)c1=O. The van der Waals surface area contributed by atoms with E-state index in [-0.39, 0.29) is 12.1 Å². The van der Waals surface area contributed by atoms with E-state index in [1.165, 1.54) is 35.4 Å². The molecule has 1 fully saturated rings. The molecule has 0 N–H and O–H groups in total. The highest BCUT2D eigenvalue weighted by atomic mass is 79.9. The van der Waals surface area contributed by atoms with Crippen LogP contribution in [0.4, 0.5) is 10.3 Å². The predicted molar refractivity (Wildman–Crippen MR) is 92.5 cm³/mol. The van der Waals surface area contributed by atoms with Crippen molar-refractivity contribution < 1.29 is 4.39 Å². The van der Waals surface area contributed by atoms with E-state index in [0.29, 0.717) is 21.5 Å². The summed E-state index contributed by atoms with van der Waals surface area (Å²) in [6.07, 6.45) is 4.77. The minimum Gasteiger partial charge on any atom is -0.342 e. The van der Waals surface area contributed by atoms with E-state index >= 15 is 0 Å². The van der Waals surface area contributed by atoms with Gasteiger partial charge in [0.1, 0.15) is 10.3 Å². The highest BCUT2D eigenvalue weighted by Gasteiger charge is 2.19. The molecule has 0 aliphatic carbocycles. The molecule has 0 atom stereocenters. The lowest BCUT2D eigenvalue weighted by molar-refractivity contribution is 0.550. The summed E-state index contributed by atoms with van der Waals surface area (Å²) in [5, 5.41) is 9.23. The van der Waals surface area contributed by atoms with Crippen LogP contribution in [0.3, 0.4) is 0 Å². The number of rotatable bonds is 3. The molecule has 0 radical (unpaired) electrons. The third kappa shape index (κ3) is 3.34. The summed E-state index contributed by atoms with van der Waals surface area (Å²) in [7, 11) is 0. The molecule has 7 heteroatoms. The quantitative estimate of drug-likeness (QED) is 0.807. The second-order valence-electron chi connectivity index (χ2n) is 5.76. The Labute approximate surface area is 147 Å². The van der Waals surface area contributed by atoms with Crippen LogP contribution in [0.15, 0.2) is 33.7 Å². The van der Waals surface area contributed by atoms with Gasteiger partial charge in [0, 0.05) is 13.1 Å². The van der Waals surface area contributed by atoms with E-state index in [9.17, 15) is 14.4 Å². The molecule has 0 saturated carbocycles. The van der Waals surface area contributed by atoms with E-state index in [2.05, 4.69) is 25.8 Å². The number of benzene rings is 1. The number of halogens is 2. The first-order valence-corrected chi connectivity index (χ1v) is 8.58. The van der Waals surface area contributed by atoms with Gasteiger partial charge in [0.25, 0.3) is 5.56 Å². The highest BCUT2D eigenvalue weighted by molar-refractivity contribution is 9.10. The van der Waals surface area contributed by atoms with Crippen molar-refractivity contribution in [1.82, 2.24) is 9.55 Å². The standard InChI is InChI=1S/C17H16BrFN4O/c18-15-10-21-17(22-6-2-1-3-7-22)23(16(15)24)11-13-8-14(19)5-4-12(13)9-20/h4-5,8,10H,1-3,6-7,11H2. The molecule has 1 aliphatic heterocycles. The molecule has 1 aromatic carbocycles. The fourth-order valence-corrected chi connectivity index (χ4v) is 3.24. The summed E-state index contributed by atoms with van der Waals surface area (Å²) in [4.78, 5) is 19.1. The monoisotopic (exact) mass is 390 g/mol. The van der Waals surface area contributed by atoms with E-state index in [1.807, 2.05) is 6.07 Å². The molecule has 24 heavy (non-hydrogen) atoms. The summed E-state index contributed by atoms with van der Waals surface area (Å²) < 4.78 is 15.4. The average molecular weight is 391 g/mol.